The first-order valence-electron chi connectivity index (χ1n) is 6.10. The van der Waals surface area contributed by atoms with E-state index in [1.165, 1.54) is 0 Å². The standard InChI is InChI=1S/C13H20N2O2/c1-13(2)6-5-11(16)9-15(13)12(17)8-10-4-3-7-14-10/h3-4,7,11,14,16H,5-6,8-9H2,1-2H3. The highest BCUT2D eigenvalue weighted by molar-refractivity contribution is 5.79. The minimum atomic E-state index is -0.379. The molecule has 0 aliphatic carbocycles. The molecule has 0 radical (unpaired) electrons. The lowest BCUT2D eigenvalue weighted by Crippen LogP contribution is -2.55. The van der Waals surface area contributed by atoms with Gasteiger partial charge in [0.05, 0.1) is 12.5 Å². The van der Waals surface area contributed by atoms with Crippen molar-refractivity contribution in [2.45, 2.75) is 44.8 Å². The molecule has 1 atom stereocenters. The molecule has 2 N–H and O–H groups in total. The van der Waals surface area contributed by atoms with Crippen molar-refractivity contribution in [2.24, 2.45) is 0 Å². The summed E-state index contributed by atoms with van der Waals surface area (Å²) in [5.74, 6) is 0.0798. The Kier molecular flexibility index (Phi) is 3.24. The van der Waals surface area contributed by atoms with Gasteiger partial charge in [-0.05, 0) is 38.8 Å². The smallest absolute Gasteiger partial charge is 0.229 e. The molecule has 1 aliphatic rings. The number of aromatic nitrogens is 1. The van der Waals surface area contributed by atoms with E-state index in [4.69, 9.17) is 0 Å². The molecule has 94 valence electrons. The van der Waals surface area contributed by atoms with Gasteiger partial charge in [0, 0.05) is 24.0 Å². The number of amides is 1. The number of likely N-dealkylation sites (tertiary alicyclic amines) is 1. The van der Waals surface area contributed by atoms with Gasteiger partial charge < -0.3 is 15.0 Å². The summed E-state index contributed by atoms with van der Waals surface area (Å²) in [4.78, 5) is 17.1. The first-order chi connectivity index (χ1) is 7.99. The minimum Gasteiger partial charge on any atom is -0.391 e. The van der Waals surface area contributed by atoms with Crippen LogP contribution in [0.25, 0.3) is 0 Å². The van der Waals surface area contributed by atoms with Gasteiger partial charge in [-0.1, -0.05) is 0 Å². The lowest BCUT2D eigenvalue weighted by atomic mass is 9.89. The van der Waals surface area contributed by atoms with E-state index in [2.05, 4.69) is 18.8 Å². The number of H-pyrrole nitrogens is 1. The zero-order valence-corrected chi connectivity index (χ0v) is 10.4. The molecular formula is C13H20N2O2. The Morgan fingerprint density at radius 2 is 2.41 bits per heavy atom. The average molecular weight is 236 g/mol. The van der Waals surface area contributed by atoms with Gasteiger partial charge in [0.1, 0.15) is 0 Å². The fourth-order valence-corrected chi connectivity index (χ4v) is 2.38. The topological polar surface area (TPSA) is 56.3 Å². The van der Waals surface area contributed by atoms with Crippen LogP contribution >= 0.6 is 0 Å². The molecule has 1 amide bonds. The number of carbonyl (C=O) groups excluding carboxylic acids is 1. The number of nitrogens with zero attached hydrogens (tertiary/aromatic N) is 1. The molecule has 1 aromatic rings. The molecule has 1 aliphatic heterocycles. The Morgan fingerprint density at radius 3 is 3.06 bits per heavy atom. The molecular weight excluding hydrogens is 216 g/mol. The number of aliphatic hydroxyl groups excluding tert-OH is 1. The number of carbonyl (C=O) groups is 1. The van der Waals surface area contributed by atoms with Gasteiger partial charge in [0.25, 0.3) is 0 Å². The quantitative estimate of drug-likeness (QED) is 0.813. The highest BCUT2D eigenvalue weighted by Gasteiger charge is 2.36. The second-order valence-electron chi connectivity index (χ2n) is 5.38. The third kappa shape index (κ3) is 2.69. The second-order valence-corrected chi connectivity index (χ2v) is 5.38. The summed E-state index contributed by atoms with van der Waals surface area (Å²) in [6.45, 7) is 4.57. The third-order valence-corrected chi connectivity index (χ3v) is 3.52. The molecule has 0 spiro atoms. The zero-order chi connectivity index (χ0) is 12.5. The van der Waals surface area contributed by atoms with Crippen LogP contribution in [0.2, 0.25) is 0 Å². The van der Waals surface area contributed by atoms with Crippen LogP contribution in [-0.2, 0) is 11.2 Å². The monoisotopic (exact) mass is 236 g/mol. The molecule has 0 saturated carbocycles. The van der Waals surface area contributed by atoms with E-state index in [1.807, 2.05) is 23.2 Å². The van der Waals surface area contributed by atoms with Crippen LogP contribution in [0, 0.1) is 0 Å². The first-order valence-corrected chi connectivity index (χ1v) is 6.10. The second kappa shape index (κ2) is 4.53. The van der Waals surface area contributed by atoms with E-state index in [0.29, 0.717) is 13.0 Å². The Balaban J connectivity index is 2.06. The van der Waals surface area contributed by atoms with Crippen molar-refractivity contribution in [2.75, 3.05) is 6.54 Å². The van der Waals surface area contributed by atoms with Gasteiger partial charge >= 0.3 is 0 Å². The van der Waals surface area contributed by atoms with Crippen LogP contribution < -0.4 is 0 Å². The van der Waals surface area contributed by atoms with Crippen molar-refractivity contribution in [3.8, 4) is 0 Å². The van der Waals surface area contributed by atoms with Gasteiger partial charge in [-0.25, -0.2) is 0 Å². The molecule has 1 fully saturated rings. The van der Waals surface area contributed by atoms with Crippen LogP contribution in [-0.4, -0.2) is 39.1 Å². The molecule has 1 aromatic heterocycles. The molecule has 0 aromatic carbocycles. The van der Waals surface area contributed by atoms with Crippen molar-refractivity contribution in [1.29, 1.82) is 0 Å². The van der Waals surface area contributed by atoms with Crippen molar-refractivity contribution < 1.29 is 9.90 Å². The van der Waals surface area contributed by atoms with Crippen LogP contribution in [0.15, 0.2) is 18.3 Å². The molecule has 17 heavy (non-hydrogen) atoms. The highest BCUT2D eigenvalue weighted by Crippen LogP contribution is 2.28. The lowest BCUT2D eigenvalue weighted by molar-refractivity contribution is -0.141. The SMILES string of the molecule is CC1(C)CCC(O)CN1C(=O)Cc1ccc[nH]1. The summed E-state index contributed by atoms with van der Waals surface area (Å²) in [5, 5.41) is 9.69. The molecule has 0 bridgehead atoms. The summed E-state index contributed by atoms with van der Waals surface area (Å²) < 4.78 is 0. The Labute approximate surface area is 102 Å². The largest absolute Gasteiger partial charge is 0.391 e. The van der Waals surface area contributed by atoms with E-state index in [9.17, 15) is 9.90 Å². The minimum absolute atomic E-state index is 0.0798. The zero-order valence-electron chi connectivity index (χ0n) is 10.4. The van der Waals surface area contributed by atoms with E-state index in [0.717, 1.165) is 18.5 Å². The predicted molar refractivity (Wildman–Crippen MR) is 65.5 cm³/mol. The fraction of sp³-hybridized carbons (Fsp3) is 0.615. The molecule has 1 unspecified atom stereocenters. The van der Waals surface area contributed by atoms with Crippen LogP contribution in [0.4, 0.5) is 0 Å². The highest BCUT2D eigenvalue weighted by atomic mass is 16.3. The summed E-state index contributed by atoms with van der Waals surface area (Å²) >= 11 is 0. The van der Waals surface area contributed by atoms with Gasteiger partial charge in [0.15, 0.2) is 0 Å². The van der Waals surface area contributed by atoms with Crippen LogP contribution in [0.5, 0.6) is 0 Å². The number of hydrogen-bond donors (Lipinski definition) is 2. The summed E-state index contributed by atoms with van der Waals surface area (Å²) in [5.41, 5.74) is 0.772. The van der Waals surface area contributed by atoms with Crippen LogP contribution in [0.3, 0.4) is 0 Å². The van der Waals surface area contributed by atoms with E-state index in [-0.39, 0.29) is 17.6 Å². The Morgan fingerprint density at radius 1 is 1.65 bits per heavy atom. The number of nitrogens with one attached hydrogen (secondary N) is 1. The molecule has 2 heterocycles. The van der Waals surface area contributed by atoms with Gasteiger partial charge in [-0.2, -0.15) is 0 Å². The first kappa shape index (κ1) is 12.2. The summed E-state index contributed by atoms with van der Waals surface area (Å²) in [7, 11) is 0. The number of hydrogen-bond acceptors (Lipinski definition) is 2. The van der Waals surface area contributed by atoms with E-state index in [1.54, 1.807) is 0 Å². The van der Waals surface area contributed by atoms with Crippen molar-refractivity contribution >= 4 is 5.91 Å². The third-order valence-electron chi connectivity index (χ3n) is 3.52. The normalized spacial score (nSPS) is 23.7. The molecule has 1 saturated heterocycles. The molecule has 4 nitrogen and oxygen atoms in total. The molecule has 2 rings (SSSR count). The van der Waals surface area contributed by atoms with Gasteiger partial charge in [0.2, 0.25) is 5.91 Å². The number of aromatic amines is 1. The number of rotatable bonds is 2. The number of aliphatic hydroxyl groups is 1. The summed E-state index contributed by atoms with van der Waals surface area (Å²) in [6, 6.07) is 3.80. The number of piperidine rings is 1. The van der Waals surface area contributed by atoms with Gasteiger partial charge in [-0.3, -0.25) is 4.79 Å². The molecule has 4 heteroatoms. The predicted octanol–water partition coefficient (Wildman–Crippen LogP) is 1.32. The maximum atomic E-state index is 12.2. The van der Waals surface area contributed by atoms with Crippen molar-refractivity contribution in [3.05, 3.63) is 24.0 Å². The maximum Gasteiger partial charge on any atom is 0.229 e. The Hall–Kier alpha value is -1.29. The number of β-amino-alcohol motifs (C(OH)–C–C–N with tert-alkyl or cyclic N) is 1. The maximum absolute atomic E-state index is 12.2. The average Bonchev–Trinajstić information content (AvgIpc) is 2.74. The van der Waals surface area contributed by atoms with Crippen molar-refractivity contribution in [3.63, 3.8) is 0 Å². The van der Waals surface area contributed by atoms with E-state index < -0.39 is 0 Å². The van der Waals surface area contributed by atoms with E-state index >= 15 is 0 Å². The lowest BCUT2D eigenvalue weighted by Gasteiger charge is -2.44. The summed E-state index contributed by atoms with van der Waals surface area (Å²) in [6.07, 6.45) is 3.45. The van der Waals surface area contributed by atoms with Crippen LogP contribution in [0.1, 0.15) is 32.4 Å². The Bertz CT molecular complexity index is 384. The fourth-order valence-electron chi connectivity index (χ4n) is 2.38. The van der Waals surface area contributed by atoms with Gasteiger partial charge in [-0.15, -0.1) is 0 Å². The van der Waals surface area contributed by atoms with Crippen molar-refractivity contribution in [1.82, 2.24) is 9.88 Å².